The van der Waals surface area contributed by atoms with E-state index in [1.807, 2.05) is 78.9 Å². The van der Waals surface area contributed by atoms with Gasteiger partial charge in [-0.25, -0.2) is 9.96 Å². The van der Waals surface area contributed by atoms with E-state index >= 15 is 0 Å². The predicted octanol–water partition coefficient (Wildman–Crippen LogP) is 5.45. The Kier molecular flexibility index (Phi) is 4.93. The molecule has 2 fully saturated rings. The first kappa shape index (κ1) is 20.6. The number of imide groups is 1. The molecule has 2 aliphatic rings. The van der Waals surface area contributed by atoms with Crippen LogP contribution in [-0.4, -0.2) is 17.9 Å². The smallest absolute Gasteiger partial charge is 0.266 e. The molecule has 4 aromatic carbocycles. The second-order valence-electron chi connectivity index (χ2n) is 8.76. The van der Waals surface area contributed by atoms with Crippen molar-refractivity contribution in [1.82, 2.24) is 0 Å². The molecule has 0 saturated carbocycles. The fourth-order valence-corrected chi connectivity index (χ4v) is 5.17. The SMILES string of the molecule is CCc1ccc(N2C(=O)[C@@H]3[C@H](ON(c4ccccc4)[C@H]3c3cccc4ccccc34)C2=O)cc1. The van der Waals surface area contributed by atoms with Gasteiger partial charge in [-0.05, 0) is 52.6 Å². The van der Waals surface area contributed by atoms with Crippen LogP contribution in [0.3, 0.4) is 0 Å². The molecular formula is C29H24N2O3. The molecule has 5 heteroatoms. The van der Waals surface area contributed by atoms with Crippen LogP contribution in [0.4, 0.5) is 11.4 Å². The van der Waals surface area contributed by atoms with Crippen molar-refractivity contribution in [3.63, 3.8) is 0 Å². The summed E-state index contributed by atoms with van der Waals surface area (Å²) in [4.78, 5) is 35.0. The summed E-state index contributed by atoms with van der Waals surface area (Å²) in [6.45, 7) is 2.08. The molecule has 2 aliphatic heterocycles. The van der Waals surface area contributed by atoms with Gasteiger partial charge >= 0.3 is 0 Å². The maximum Gasteiger partial charge on any atom is 0.266 e. The Bertz CT molecular complexity index is 1380. The van der Waals surface area contributed by atoms with Crippen molar-refractivity contribution in [2.24, 2.45) is 5.92 Å². The first-order valence-electron chi connectivity index (χ1n) is 11.6. The Morgan fingerprint density at radius 1 is 0.735 bits per heavy atom. The number of fused-ring (bicyclic) bond motifs is 2. The number of amides is 2. The number of carbonyl (C=O) groups excluding carboxylic acids is 2. The van der Waals surface area contributed by atoms with Crippen molar-refractivity contribution in [3.05, 3.63) is 108 Å². The monoisotopic (exact) mass is 448 g/mol. The lowest BCUT2D eigenvalue weighted by Crippen LogP contribution is -2.37. The average Bonchev–Trinajstić information content (AvgIpc) is 3.40. The highest BCUT2D eigenvalue weighted by Gasteiger charge is 2.60. The number of rotatable bonds is 4. The van der Waals surface area contributed by atoms with Gasteiger partial charge in [-0.2, -0.15) is 0 Å². The molecule has 0 bridgehead atoms. The standard InChI is InChI=1S/C29H24N2O3/c1-2-19-15-17-21(18-16-19)30-28(32)25-26(24-14-8-10-20-9-6-7-13-23(20)24)31(34-27(25)29(30)33)22-11-4-3-5-12-22/h3-18,25-27H,2H2,1H3/t25-,26-,27-/m0/s1. The molecule has 0 aromatic heterocycles. The van der Waals surface area contributed by atoms with Crippen molar-refractivity contribution < 1.29 is 14.4 Å². The Balaban J connectivity index is 1.48. The number of carbonyl (C=O) groups is 2. The summed E-state index contributed by atoms with van der Waals surface area (Å²) < 4.78 is 0. The molecule has 2 saturated heterocycles. The third-order valence-electron chi connectivity index (χ3n) is 6.87. The summed E-state index contributed by atoms with van der Waals surface area (Å²) in [5.74, 6) is -1.19. The number of hydroxylamine groups is 1. The lowest BCUT2D eigenvalue weighted by molar-refractivity contribution is -0.126. The van der Waals surface area contributed by atoms with Crippen molar-refractivity contribution in [2.75, 3.05) is 9.96 Å². The van der Waals surface area contributed by atoms with Gasteiger partial charge in [0, 0.05) is 0 Å². The molecular weight excluding hydrogens is 424 g/mol. The number of aryl methyl sites for hydroxylation is 1. The van der Waals surface area contributed by atoms with Crippen LogP contribution in [0.15, 0.2) is 97.1 Å². The zero-order chi connectivity index (χ0) is 23.2. The van der Waals surface area contributed by atoms with E-state index in [2.05, 4.69) is 25.1 Å². The zero-order valence-corrected chi connectivity index (χ0v) is 18.8. The molecule has 4 aromatic rings. The largest absolute Gasteiger partial charge is 0.273 e. The minimum Gasteiger partial charge on any atom is -0.273 e. The van der Waals surface area contributed by atoms with Gasteiger partial charge in [0.1, 0.15) is 5.92 Å². The molecule has 6 rings (SSSR count). The lowest BCUT2D eigenvalue weighted by atomic mass is 9.87. The topological polar surface area (TPSA) is 49.9 Å². The molecule has 5 nitrogen and oxygen atoms in total. The normalized spacial score (nSPS) is 22.0. The second-order valence-corrected chi connectivity index (χ2v) is 8.76. The molecule has 2 amide bonds. The van der Waals surface area contributed by atoms with Crippen LogP contribution in [0.2, 0.25) is 0 Å². The minimum absolute atomic E-state index is 0.226. The maximum atomic E-state index is 13.8. The minimum atomic E-state index is -0.873. The van der Waals surface area contributed by atoms with Gasteiger partial charge in [0.15, 0.2) is 6.10 Å². The van der Waals surface area contributed by atoms with Crippen LogP contribution in [0.1, 0.15) is 24.1 Å². The Hall–Kier alpha value is -3.96. The summed E-state index contributed by atoms with van der Waals surface area (Å²) in [6, 6.07) is 31.1. The van der Waals surface area contributed by atoms with Crippen LogP contribution < -0.4 is 9.96 Å². The second kappa shape index (κ2) is 8.12. The van der Waals surface area contributed by atoms with Gasteiger partial charge < -0.3 is 0 Å². The van der Waals surface area contributed by atoms with Crippen molar-refractivity contribution >= 4 is 34.0 Å². The van der Waals surface area contributed by atoms with Crippen LogP contribution >= 0.6 is 0 Å². The fraction of sp³-hybridized carbons (Fsp3) is 0.172. The number of anilines is 2. The average molecular weight is 449 g/mol. The maximum absolute atomic E-state index is 13.8. The molecule has 0 unspecified atom stereocenters. The number of nitrogens with zero attached hydrogens (tertiary/aromatic N) is 2. The summed E-state index contributed by atoms with van der Waals surface area (Å²) in [7, 11) is 0. The van der Waals surface area contributed by atoms with E-state index in [-0.39, 0.29) is 11.8 Å². The van der Waals surface area contributed by atoms with Gasteiger partial charge in [-0.15, -0.1) is 0 Å². The Labute approximate surface area is 198 Å². The van der Waals surface area contributed by atoms with Crippen LogP contribution in [0.5, 0.6) is 0 Å². The van der Waals surface area contributed by atoms with E-state index in [1.54, 1.807) is 5.06 Å². The third kappa shape index (κ3) is 3.12. The number of hydrogen-bond acceptors (Lipinski definition) is 4. The van der Waals surface area contributed by atoms with Gasteiger partial charge in [0.2, 0.25) is 5.91 Å². The van der Waals surface area contributed by atoms with E-state index in [0.717, 1.165) is 34.0 Å². The van der Waals surface area contributed by atoms with Crippen molar-refractivity contribution in [3.8, 4) is 0 Å². The Morgan fingerprint density at radius 2 is 1.44 bits per heavy atom. The molecule has 0 radical (unpaired) electrons. The van der Waals surface area contributed by atoms with Crippen molar-refractivity contribution in [1.29, 1.82) is 0 Å². The molecule has 3 atom stereocenters. The molecule has 168 valence electrons. The summed E-state index contributed by atoms with van der Waals surface area (Å²) in [6.07, 6.45) is 0.0219. The van der Waals surface area contributed by atoms with E-state index in [1.165, 1.54) is 4.90 Å². The van der Waals surface area contributed by atoms with Gasteiger partial charge in [0.25, 0.3) is 5.91 Å². The third-order valence-corrected chi connectivity index (χ3v) is 6.87. The molecule has 0 N–H and O–H groups in total. The van der Waals surface area contributed by atoms with E-state index < -0.39 is 18.1 Å². The van der Waals surface area contributed by atoms with E-state index in [4.69, 9.17) is 4.84 Å². The predicted molar refractivity (Wildman–Crippen MR) is 132 cm³/mol. The summed E-state index contributed by atoms with van der Waals surface area (Å²) in [5.41, 5.74) is 3.53. The van der Waals surface area contributed by atoms with Gasteiger partial charge in [-0.3, -0.25) is 14.4 Å². The zero-order valence-electron chi connectivity index (χ0n) is 18.8. The number of hydrogen-bond donors (Lipinski definition) is 0. The van der Waals surface area contributed by atoms with Crippen LogP contribution in [-0.2, 0) is 20.8 Å². The summed E-state index contributed by atoms with van der Waals surface area (Å²) >= 11 is 0. The Morgan fingerprint density at radius 3 is 2.21 bits per heavy atom. The lowest BCUT2D eigenvalue weighted by Gasteiger charge is -2.29. The number of benzene rings is 4. The highest BCUT2D eigenvalue weighted by atomic mass is 16.7. The first-order valence-corrected chi connectivity index (χ1v) is 11.6. The quantitative estimate of drug-likeness (QED) is 0.390. The van der Waals surface area contributed by atoms with Crippen LogP contribution in [0.25, 0.3) is 10.8 Å². The first-order chi connectivity index (χ1) is 16.7. The van der Waals surface area contributed by atoms with Gasteiger partial charge in [-0.1, -0.05) is 79.7 Å². The highest BCUT2D eigenvalue weighted by Crippen LogP contribution is 2.48. The van der Waals surface area contributed by atoms with Crippen LogP contribution in [0, 0.1) is 5.92 Å². The van der Waals surface area contributed by atoms with E-state index in [0.29, 0.717) is 5.69 Å². The molecule has 0 spiro atoms. The number of para-hydroxylation sites is 1. The van der Waals surface area contributed by atoms with E-state index in [9.17, 15) is 9.59 Å². The van der Waals surface area contributed by atoms with Crippen molar-refractivity contribution in [2.45, 2.75) is 25.5 Å². The fourth-order valence-electron chi connectivity index (χ4n) is 5.17. The summed E-state index contributed by atoms with van der Waals surface area (Å²) in [5, 5.41) is 3.89. The highest BCUT2D eigenvalue weighted by molar-refractivity contribution is 6.24. The molecule has 2 heterocycles. The molecule has 34 heavy (non-hydrogen) atoms. The molecule has 0 aliphatic carbocycles. The van der Waals surface area contributed by atoms with Gasteiger partial charge in [0.05, 0.1) is 17.4 Å².